The lowest BCUT2D eigenvalue weighted by atomic mass is 10.0. The maximum Gasteiger partial charge on any atom is 0.242 e. The van der Waals surface area contributed by atoms with Crippen molar-refractivity contribution in [1.29, 1.82) is 5.26 Å². The highest BCUT2D eigenvalue weighted by Gasteiger charge is 2.18. The molecule has 4 heteroatoms. The summed E-state index contributed by atoms with van der Waals surface area (Å²) in [4.78, 5) is 16.0. The zero-order valence-corrected chi connectivity index (χ0v) is 11.2. The molecule has 0 saturated carbocycles. The first-order chi connectivity index (χ1) is 9.69. The lowest BCUT2D eigenvalue weighted by molar-refractivity contribution is -0.118. The van der Waals surface area contributed by atoms with Gasteiger partial charge in [0.2, 0.25) is 5.91 Å². The molecule has 0 aliphatic carbocycles. The summed E-state index contributed by atoms with van der Waals surface area (Å²) in [6.07, 6.45) is 3.70. The topological polar surface area (TPSA) is 65.8 Å². The van der Waals surface area contributed by atoms with Gasteiger partial charge in [-0.15, -0.1) is 0 Å². The van der Waals surface area contributed by atoms with E-state index in [1.807, 2.05) is 43.3 Å². The van der Waals surface area contributed by atoms with Crippen molar-refractivity contribution >= 4 is 11.6 Å². The summed E-state index contributed by atoms with van der Waals surface area (Å²) in [5.41, 5.74) is 2.70. The molecule has 0 radical (unpaired) electrons. The molecule has 0 saturated heterocycles. The molecule has 0 aliphatic rings. The highest BCUT2D eigenvalue weighted by molar-refractivity contribution is 5.94. The zero-order chi connectivity index (χ0) is 14.4. The van der Waals surface area contributed by atoms with Crippen molar-refractivity contribution in [2.45, 2.75) is 13.3 Å². The van der Waals surface area contributed by atoms with Crippen LogP contribution >= 0.6 is 0 Å². The average Bonchev–Trinajstić information content (AvgIpc) is 2.45. The molecule has 2 rings (SSSR count). The van der Waals surface area contributed by atoms with Gasteiger partial charge >= 0.3 is 0 Å². The minimum atomic E-state index is -0.710. The Kier molecular flexibility index (Phi) is 4.46. The SMILES string of the molecule is Cc1cccc(NC(=O)[C@@H](C#N)Cc2ccncc2)c1. The highest BCUT2D eigenvalue weighted by Crippen LogP contribution is 2.13. The molecular formula is C16H15N3O. The molecule has 0 fully saturated rings. The van der Waals surface area contributed by atoms with Gasteiger partial charge < -0.3 is 5.32 Å². The summed E-state index contributed by atoms with van der Waals surface area (Å²) in [7, 11) is 0. The van der Waals surface area contributed by atoms with E-state index in [2.05, 4.69) is 16.4 Å². The van der Waals surface area contributed by atoms with E-state index < -0.39 is 5.92 Å². The maximum absolute atomic E-state index is 12.1. The van der Waals surface area contributed by atoms with Crippen LogP contribution in [0.3, 0.4) is 0 Å². The number of carbonyl (C=O) groups excluding carboxylic acids is 1. The Bertz CT molecular complexity index is 632. The molecule has 1 heterocycles. The molecule has 1 aromatic heterocycles. The molecule has 20 heavy (non-hydrogen) atoms. The van der Waals surface area contributed by atoms with Gasteiger partial charge in [-0.3, -0.25) is 9.78 Å². The van der Waals surface area contributed by atoms with Crippen LogP contribution in [-0.2, 0) is 11.2 Å². The van der Waals surface area contributed by atoms with Gasteiger partial charge in [-0.1, -0.05) is 12.1 Å². The van der Waals surface area contributed by atoms with Crippen LogP contribution in [0.1, 0.15) is 11.1 Å². The second-order valence-electron chi connectivity index (χ2n) is 4.60. The average molecular weight is 265 g/mol. The van der Waals surface area contributed by atoms with Gasteiger partial charge in [0.05, 0.1) is 6.07 Å². The van der Waals surface area contributed by atoms with Gasteiger partial charge in [-0.25, -0.2) is 0 Å². The van der Waals surface area contributed by atoms with Crippen molar-refractivity contribution in [3.63, 3.8) is 0 Å². The van der Waals surface area contributed by atoms with Crippen molar-refractivity contribution in [3.05, 3.63) is 59.9 Å². The summed E-state index contributed by atoms with van der Waals surface area (Å²) in [6, 6.07) is 13.2. The van der Waals surface area contributed by atoms with Crippen molar-refractivity contribution < 1.29 is 4.79 Å². The lowest BCUT2D eigenvalue weighted by Gasteiger charge is -2.10. The van der Waals surface area contributed by atoms with E-state index in [1.165, 1.54) is 0 Å². The number of aryl methyl sites for hydroxylation is 1. The molecule has 1 N–H and O–H groups in total. The standard InChI is InChI=1S/C16H15N3O/c1-12-3-2-4-15(9-12)19-16(20)14(11-17)10-13-5-7-18-8-6-13/h2-9,14H,10H2,1H3,(H,19,20)/t14-/m1/s1. The van der Waals surface area contributed by atoms with E-state index in [9.17, 15) is 4.79 Å². The predicted octanol–water partition coefficient (Wildman–Crippen LogP) is 2.71. The van der Waals surface area contributed by atoms with E-state index >= 15 is 0 Å². The van der Waals surface area contributed by atoms with Crippen molar-refractivity contribution in [2.75, 3.05) is 5.32 Å². The summed E-state index contributed by atoms with van der Waals surface area (Å²) in [5.74, 6) is -0.993. The minimum Gasteiger partial charge on any atom is -0.325 e. The molecule has 1 atom stereocenters. The molecule has 0 bridgehead atoms. The van der Waals surface area contributed by atoms with Crippen LogP contribution in [0.2, 0.25) is 0 Å². The Labute approximate surface area is 118 Å². The Morgan fingerprint density at radius 1 is 1.35 bits per heavy atom. The third kappa shape index (κ3) is 3.66. The Morgan fingerprint density at radius 2 is 2.10 bits per heavy atom. The number of hydrogen-bond acceptors (Lipinski definition) is 3. The third-order valence-corrected chi connectivity index (χ3v) is 2.95. The van der Waals surface area contributed by atoms with Crippen LogP contribution in [0.25, 0.3) is 0 Å². The van der Waals surface area contributed by atoms with E-state index in [0.717, 1.165) is 11.1 Å². The zero-order valence-electron chi connectivity index (χ0n) is 11.2. The fourth-order valence-electron chi connectivity index (χ4n) is 1.90. The molecule has 1 aromatic carbocycles. The fraction of sp³-hybridized carbons (Fsp3) is 0.188. The number of hydrogen-bond donors (Lipinski definition) is 1. The fourth-order valence-corrected chi connectivity index (χ4v) is 1.90. The number of nitriles is 1. The number of nitrogens with one attached hydrogen (secondary N) is 1. The van der Waals surface area contributed by atoms with Crippen LogP contribution in [0.5, 0.6) is 0 Å². The number of benzene rings is 1. The number of nitrogens with zero attached hydrogens (tertiary/aromatic N) is 2. The molecule has 0 unspecified atom stereocenters. The lowest BCUT2D eigenvalue weighted by Crippen LogP contribution is -2.23. The second-order valence-corrected chi connectivity index (χ2v) is 4.60. The van der Waals surface area contributed by atoms with Gasteiger partial charge in [0.15, 0.2) is 0 Å². The van der Waals surface area contributed by atoms with E-state index in [0.29, 0.717) is 12.1 Å². The largest absolute Gasteiger partial charge is 0.325 e. The van der Waals surface area contributed by atoms with Gasteiger partial charge in [-0.2, -0.15) is 5.26 Å². The molecule has 1 amide bonds. The van der Waals surface area contributed by atoms with Crippen LogP contribution < -0.4 is 5.32 Å². The predicted molar refractivity (Wildman–Crippen MR) is 76.9 cm³/mol. The van der Waals surface area contributed by atoms with Crippen molar-refractivity contribution in [3.8, 4) is 6.07 Å². The van der Waals surface area contributed by atoms with Crippen LogP contribution in [0, 0.1) is 24.2 Å². The summed E-state index contributed by atoms with van der Waals surface area (Å²) in [5, 5.41) is 11.9. The van der Waals surface area contributed by atoms with E-state index in [-0.39, 0.29) is 5.91 Å². The highest BCUT2D eigenvalue weighted by atomic mass is 16.1. The van der Waals surface area contributed by atoms with Crippen molar-refractivity contribution in [2.24, 2.45) is 5.92 Å². The summed E-state index contributed by atoms with van der Waals surface area (Å²) < 4.78 is 0. The molecule has 0 spiro atoms. The van der Waals surface area contributed by atoms with Gasteiger partial charge in [-0.05, 0) is 48.7 Å². The number of amides is 1. The number of rotatable bonds is 4. The van der Waals surface area contributed by atoms with Gasteiger partial charge in [0.1, 0.15) is 5.92 Å². The number of pyridine rings is 1. The van der Waals surface area contributed by atoms with Crippen LogP contribution in [0.4, 0.5) is 5.69 Å². The molecule has 2 aromatic rings. The number of aromatic nitrogens is 1. The van der Waals surface area contributed by atoms with E-state index in [1.54, 1.807) is 12.4 Å². The first-order valence-electron chi connectivity index (χ1n) is 6.35. The number of carbonyl (C=O) groups is 1. The Balaban J connectivity index is 2.05. The molecule has 100 valence electrons. The Morgan fingerprint density at radius 3 is 2.75 bits per heavy atom. The van der Waals surface area contributed by atoms with Gasteiger partial charge in [0, 0.05) is 18.1 Å². The summed E-state index contributed by atoms with van der Waals surface area (Å²) >= 11 is 0. The monoisotopic (exact) mass is 265 g/mol. The molecular weight excluding hydrogens is 250 g/mol. The van der Waals surface area contributed by atoms with Crippen LogP contribution in [-0.4, -0.2) is 10.9 Å². The number of anilines is 1. The normalized spacial score (nSPS) is 11.4. The minimum absolute atomic E-state index is 0.282. The maximum atomic E-state index is 12.1. The first kappa shape index (κ1) is 13.8. The smallest absolute Gasteiger partial charge is 0.242 e. The Hall–Kier alpha value is -2.67. The quantitative estimate of drug-likeness (QED) is 0.924. The van der Waals surface area contributed by atoms with Crippen LogP contribution in [0.15, 0.2) is 48.8 Å². The first-order valence-corrected chi connectivity index (χ1v) is 6.35. The second kappa shape index (κ2) is 6.48. The molecule has 4 nitrogen and oxygen atoms in total. The van der Waals surface area contributed by atoms with Crippen molar-refractivity contribution in [1.82, 2.24) is 4.98 Å². The van der Waals surface area contributed by atoms with E-state index in [4.69, 9.17) is 5.26 Å². The third-order valence-electron chi connectivity index (χ3n) is 2.95. The molecule has 0 aliphatic heterocycles. The van der Waals surface area contributed by atoms with Gasteiger partial charge in [0.25, 0.3) is 0 Å². The summed E-state index contributed by atoms with van der Waals surface area (Å²) in [6.45, 7) is 1.95.